The van der Waals surface area contributed by atoms with Crippen LogP contribution in [0, 0.1) is 0 Å². The van der Waals surface area contributed by atoms with E-state index < -0.39 is 31.3 Å². The van der Waals surface area contributed by atoms with E-state index in [1.165, 1.54) is 11.8 Å². The first-order valence-electron chi connectivity index (χ1n) is 10.2. The molecule has 0 aliphatic carbocycles. The second kappa shape index (κ2) is 8.26. The molecular formula is C21H30N2O5SSi. The molecule has 7 nitrogen and oxygen atoms in total. The van der Waals surface area contributed by atoms with E-state index in [9.17, 15) is 14.4 Å². The number of ether oxygens (including phenoxy) is 1. The number of carbonyl (C=O) groups excluding carboxylic acids is 3. The average molecular weight is 451 g/mol. The highest BCUT2D eigenvalue weighted by atomic mass is 32.2. The van der Waals surface area contributed by atoms with Crippen LogP contribution in [-0.2, 0) is 18.8 Å². The van der Waals surface area contributed by atoms with Crippen molar-refractivity contribution in [3.05, 3.63) is 30.3 Å². The SMILES string of the molecule is CCC(Oc1ccccc1)C(=O)NC1C(=O)N2C1SC(C)(C)C2C(=O)O[Si](C)(C)C. The lowest BCUT2D eigenvalue weighted by molar-refractivity contribution is -0.160. The third kappa shape index (κ3) is 4.51. The van der Waals surface area contributed by atoms with Crippen LogP contribution in [0.5, 0.6) is 5.75 Å². The highest BCUT2D eigenvalue weighted by Crippen LogP contribution is 2.51. The molecule has 9 heteroatoms. The van der Waals surface area contributed by atoms with E-state index in [4.69, 9.17) is 9.16 Å². The normalized spacial score (nSPS) is 25.7. The van der Waals surface area contributed by atoms with Crippen molar-refractivity contribution in [3.8, 4) is 5.75 Å². The van der Waals surface area contributed by atoms with Crippen LogP contribution >= 0.6 is 11.8 Å². The fraction of sp³-hybridized carbons (Fsp3) is 0.571. The van der Waals surface area contributed by atoms with Gasteiger partial charge in [0.15, 0.2) is 6.10 Å². The Morgan fingerprint density at radius 1 is 1.23 bits per heavy atom. The van der Waals surface area contributed by atoms with E-state index in [-0.39, 0.29) is 23.2 Å². The Morgan fingerprint density at radius 3 is 2.43 bits per heavy atom. The summed E-state index contributed by atoms with van der Waals surface area (Å²) in [6, 6.07) is 7.81. The summed E-state index contributed by atoms with van der Waals surface area (Å²) in [5.41, 5.74) is 0. The molecule has 3 rings (SSSR count). The monoisotopic (exact) mass is 450 g/mol. The van der Waals surface area contributed by atoms with E-state index >= 15 is 0 Å². The Hall–Kier alpha value is -2.00. The highest BCUT2D eigenvalue weighted by Gasteiger charge is 2.64. The van der Waals surface area contributed by atoms with Crippen LogP contribution in [0.4, 0.5) is 0 Å². The van der Waals surface area contributed by atoms with Crippen LogP contribution in [0.15, 0.2) is 30.3 Å². The number of amides is 2. The fourth-order valence-corrected chi connectivity index (χ4v) is 6.05. The molecule has 1 aromatic rings. The van der Waals surface area contributed by atoms with Crippen molar-refractivity contribution in [1.29, 1.82) is 0 Å². The minimum absolute atomic E-state index is 0.251. The third-order valence-electron chi connectivity index (χ3n) is 5.05. The minimum Gasteiger partial charge on any atom is -0.518 e. The van der Waals surface area contributed by atoms with Crippen LogP contribution in [0.3, 0.4) is 0 Å². The number of fused-ring (bicyclic) bond motifs is 1. The number of hydrogen-bond donors (Lipinski definition) is 1. The van der Waals surface area contributed by atoms with E-state index in [2.05, 4.69) is 5.32 Å². The van der Waals surface area contributed by atoms with Crippen LogP contribution in [0.1, 0.15) is 27.2 Å². The maximum absolute atomic E-state index is 12.9. The second-order valence-electron chi connectivity index (χ2n) is 9.11. The summed E-state index contributed by atoms with van der Waals surface area (Å²) in [5.74, 6) is -0.331. The molecule has 0 bridgehead atoms. The molecule has 164 valence electrons. The summed E-state index contributed by atoms with van der Waals surface area (Å²) in [6.07, 6.45) is -0.221. The van der Waals surface area contributed by atoms with Crippen LogP contribution in [-0.4, -0.2) is 59.3 Å². The molecule has 30 heavy (non-hydrogen) atoms. The van der Waals surface area contributed by atoms with Gasteiger partial charge in [-0.1, -0.05) is 25.1 Å². The van der Waals surface area contributed by atoms with Gasteiger partial charge in [0, 0.05) is 4.75 Å². The Labute approximate surface area is 183 Å². The van der Waals surface area contributed by atoms with Crippen LogP contribution < -0.4 is 10.1 Å². The maximum Gasteiger partial charge on any atom is 0.317 e. The molecule has 1 N–H and O–H groups in total. The van der Waals surface area contributed by atoms with E-state index in [1.54, 1.807) is 17.0 Å². The predicted octanol–water partition coefficient (Wildman–Crippen LogP) is 2.77. The van der Waals surface area contributed by atoms with Crippen LogP contribution in [0.2, 0.25) is 19.6 Å². The molecule has 2 amide bonds. The topological polar surface area (TPSA) is 84.9 Å². The molecule has 0 spiro atoms. The summed E-state index contributed by atoms with van der Waals surface area (Å²) >= 11 is 1.52. The quantitative estimate of drug-likeness (QED) is 0.508. The fourth-order valence-electron chi connectivity index (χ4n) is 3.72. The molecule has 2 fully saturated rings. The number of hydrogen-bond acceptors (Lipinski definition) is 6. The van der Waals surface area contributed by atoms with Crippen molar-refractivity contribution < 1.29 is 23.5 Å². The van der Waals surface area contributed by atoms with Gasteiger partial charge in [-0.25, -0.2) is 0 Å². The summed E-state index contributed by atoms with van der Waals surface area (Å²) in [6.45, 7) is 11.6. The predicted molar refractivity (Wildman–Crippen MR) is 119 cm³/mol. The standard InChI is InChI=1S/C21H30N2O5SSi/c1-7-14(27-13-11-9-8-10-12-13)17(24)22-15-18(25)23-16(20(26)28-30(4,5)6)21(2,3)29-19(15)23/h8-12,14-16,19H,7H2,1-6H3,(H,22,24). The molecule has 2 aliphatic rings. The molecule has 0 saturated carbocycles. The Kier molecular flexibility index (Phi) is 6.24. The highest BCUT2D eigenvalue weighted by molar-refractivity contribution is 8.01. The van der Waals surface area contributed by atoms with Gasteiger partial charge in [-0.15, -0.1) is 11.8 Å². The molecule has 1 aromatic carbocycles. The summed E-state index contributed by atoms with van der Waals surface area (Å²) < 4.78 is 11.0. The van der Waals surface area contributed by atoms with E-state index in [0.29, 0.717) is 12.2 Å². The minimum atomic E-state index is -2.08. The number of benzene rings is 1. The van der Waals surface area contributed by atoms with Gasteiger partial charge in [-0.05, 0) is 52.0 Å². The number of para-hydroxylation sites is 1. The molecule has 2 aliphatic heterocycles. The van der Waals surface area contributed by atoms with Crippen molar-refractivity contribution >= 4 is 37.9 Å². The van der Waals surface area contributed by atoms with Crippen molar-refractivity contribution in [2.24, 2.45) is 0 Å². The van der Waals surface area contributed by atoms with Gasteiger partial charge < -0.3 is 19.4 Å². The summed E-state index contributed by atoms with van der Waals surface area (Å²) in [4.78, 5) is 40.0. The zero-order valence-corrected chi connectivity index (χ0v) is 20.1. The summed E-state index contributed by atoms with van der Waals surface area (Å²) in [5, 5.41) is 2.55. The molecule has 2 heterocycles. The lowest BCUT2D eigenvalue weighted by atomic mass is 9.96. The molecule has 0 radical (unpaired) electrons. The zero-order valence-electron chi connectivity index (χ0n) is 18.3. The number of nitrogens with one attached hydrogen (secondary N) is 1. The Morgan fingerprint density at radius 2 is 1.87 bits per heavy atom. The van der Waals surface area contributed by atoms with Gasteiger partial charge in [0.25, 0.3) is 5.91 Å². The average Bonchev–Trinajstić information content (AvgIpc) is 2.91. The molecule has 4 atom stereocenters. The number of β-lactam (4-membered cyclic amide) rings is 1. The van der Waals surface area contributed by atoms with Gasteiger partial charge in [0.2, 0.25) is 14.2 Å². The first-order valence-corrected chi connectivity index (χ1v) is 14.5. The zero-order chi connectivity index (χ0) is 22.3. The lowest BCUT2D eigenvalue weighted by Gasteiger charge is -2.44. The van der Waals surface area contributed by atoms with Gasteiger partial charge in [-0.3, -0.25) is 14.4 Å². The number of nitrogens with zero attached hydrogens (tertiary/aromatic N) is 1. The smallest absolute Gasteiger partial charge is 0.317 e. The Balaban J connectivity index is 1.68. The number of carbonyl (C=O) groups is 3. The van der Waals surface area contributed by atoms with Gasteiger partial charge in [0.1, 0.15) is 23.2 Å². The van der Waals surface area contributed by atoms with E-state index in [1.807, 2.05) is 58.6 Å². The molecule has 4 unspecified atom stereocenters. The molecular weight excluding hydrogens is 420 g/mol. The second-order valence-corrected chi connectivity index (χ2v) is 15.3. The number of rotatable bonds is 7. The lowest BCUT2D eigenvalue weighted by Crippen LogP contribution is -2.71. The Bertz CT molecular complexity index is 826. The largest absolute Gasteiger partial charge is 0.518 e. The first kappa shape index (κ1) is 22.7. The maximum atomic E-state index is 12.9. The van der Waals surface area contributed by atoms with E-state index in [0.717, 1.165) is 0 Å². The van der Waals surface area contributed by atoms with Crippen molar-refractivity contribution in [2.45, 2.75) is 75.1 Å². The van der Waals surface area contributed by atoms with Crippen molar-refractivity contribution in [1.82, 2.24) is 10.2 Å². The third-order valence-corrected chi connectivity index (χ3v) is 7.44. The van der Waals surface area contributed by atoms with Crippen LogP contribution in [0.25, 0.3) is 0 Å². The van der Waals surface area contributed by atoms with Gasteiger partial charge >= 0.3 is 5.97 Å². The van der Waals surface area contributed by atoms with Crippen molar-refractivity contribution in [3.63, 3.8) is 0 Å². The van der Waals surface area contributed by atoms with Gasteiger partial charge in [-0.2, -0.15) is 0 Å². The van der Waals surface area contributed by atoms with Crippen molar-refractivity contribution in [2.75, 3.05) is 0 Å². The molecule has 0 aromatic heterocycles. The summed E-state index contributed by atoms with van der Waals surface area (Å²) in [7, 11) is -2.08. The number of thioether (sulfide) groups is 1. The van der Waals surface area contributed by atoms with Gasteiger partial charge in [0.05, 0.1) is 0 Å². The first-order chi connectivity index (χ1) is 13.9. The molecule has 2 saturated heterocycles.